The van der Waals surface area contributed by atoms with Crippen LogP contribution in [0.25, 0.3) is 0 Å². The van der Waals surface area contributed by atoms with Gasteiger partial charge in [-0.05, 0) is 5.92 Å². The van der Waals surface area contributed by atoms with E-state index in [1.54, 1.807) is 0 Å². The minimum Gasteiger partial charge on any atom is -0.294 e. The smallest absolute Gasteiger partial charge is 0.214 e. The Balaban J connectivity index is 1.96. The summed E-state index contributed by atoms with van der Waals surface area (Å²) >= 11 is 0. The first kappa shape index (κ1) is 8.41. The van der Waals surface area contributed by atoms with Gasteiger partial charge in [-0.25, -0.2) is 4.98 Å². The highest BCUT2D eigenvalue weighted by Crippen LogP contribution is 2.26. The average molecular weight is 179 g/mol. The molecular weight excluding hydrogens is 166 g/mol. The third-order valence-corrected chi connectivity index (χ3v) is 2.61. The zero-order valence-corrected chi connectivity index (χ0v) is 7.49. The summed E-state index contributed by atoms with van der Waals surface area (Å²) in [6, 6.07) is 0. The van der Waals surface area contributed by atoms with Gasteiger partial charge in [0.05, 0.1) is 0 Å². The van der Waals surface area contributed by atoms with Gasteiger partial charge < -0.3 is 0 Å². The van der Waals surface area contributed by atoms with Gasteiger partial charge in [0.25, 0.3) is 0 Å². The van der Waals surface area contributed by atoms with Crippen molar-refractivity contribution < 1.29 is 4.79 Å². The van der Waals surface area contributed by atoms with Crippen molar-refractivity contribution in [2.24, 2.45) is 5.92 Å². The maximum absolute atomic E-state index is 10.3. The SMILES string of the molecule is O=Cc1n[nH]c(CC2CCCC2)n1. The number of nitrogens with one attached hydrogen (secondary N) is 1. The second kappa shape index (κ2) is 3.68. The number of hydrogen-bond donors (Lipinski definition) is 1. The number of carbonyl (C=O) groups excluding carboxylic acids is 1. The predicted octanol–water partition coefficient (Wildman–Crippen LogP) is 1.35. The van der Waals surface area contributed by atoms with Crippen LogP contribution < -0.4 is 0 Å². The molecule has 1 aliphatic rings. The molecule has 1 heterocycles. The van der Waals surface area contributed by atoms with Crippen molar-refractivity contribution in [3.8, 4) is 0 Å². The van der Waals surface area contributed by atoms with Crippen LogP contribution in [0, 0.1) is 5.92 Å². The lowest BCUT2D eigenvalue weighted by molar-refractivity contribution is 0.111. The van der Waals surface area contributed by atoms with E-state index in [1.165, 1.54) is 25.7 Å². The lowest BCUT2D eigenvalue weighted by Gasteiger charge is -2.03. The summed E-state index contributed by atoms with van der Waals surface area (Å²) in [6.07, 6.45) is 6.86. The summed E-state index contributed by atoms with van der Waals surface area (Å²) in [5.41, 5.74) is 0. The molecule has 0 aromatic carbocycles. The van der Waals surface area contributed by atoms with E-state index in [0.29, 0.717) is 6.29 Å². The third-order valence-electron chi connectivity index (χ3n) is 2.61. The summed E-state index contributed by atoms with van der Waals surface area (Å²) in [6.45, 7) is 0. The fourth-order valence-electron chi connectivity index (χ4n) is 1.94. The minimum atomic E-state index is 0.271. The van der Waals surface area contributed by atoms with Crippen molar-refractivity contribution in [2.45, 2.75) is 32.1 Å². The number of aromatic amines is 1. The molecule has 1 aliphatic carbocycles. The number of aromatic nitrogens is 3. The molecule has 0 bridgehead atoms. The maximum atomic E-state index is 10.3. The van der Waals surface area contributed by atoms with Crippen molar-refractivity contribution in [3.05, 3.63) is 11.6 Å². The molecule has 0 spiro atoms. The Labute approximate surface area is 76.8 Å². The number of carbonyl (C=O) groups is 1. The normalized spacial score (nSPS) is 17.8. The number of hydrogen-bond acceptors (Lipinski definition) is 3. The zero-order valence-electron chi connectivity index (χ0n) is 7.49. The van der Waals surface area contributed by atoms with E-state index in [4.69, 9.17) is 0 Å². The molecule has 0 aliphatic heterocycles. The highest BCUT2D eigenvalue weighted by molar-refractivity contribution is 5.68. The lowest BCUT2D eigenvalue weighted by Crippen LogP contribution is -2.00. The number of aldehydes is 1. The largest absolute Gasteiger partial charge is 0.294 e. The zero-order chi connectivity index (χ0) is 9.10. The molecule has 0 unspecified atom stereocenters. The molecule has 1 N–H and O–H groups in total. The third kappa shape index (κ3) is 1.94. The van der Waals surface area contributed by atoms with Crippen LogP contribution in [-0.2, 0) is 6.42 Å². The molecule has 1 aromatic heterocycles. The van der Waals surface area contributed by atoms with E-state index < -0.39 is 0 Å². The van der Waals surface area contributed by atoms with Gasteiger partial charge in [0, 0.05) is 6.42 Å². The molecule has 4 nitrogen and oxygen atoms in total. The van der Waals surface area contributed by atoms with Crippen LogP contribution in [0.2, 0.25) is 0 Å². The summed E-state index contributed by atoms with van der Waals surface area (Å²) in [5.74, 6) is 1.87. The van der Waals surface area contributed by atoms with Gasteiger partial charge in [-0.15, -0.1) is 0 Å². The molecule has 70 valence electrons. The molecule has 13 heavy (non-hydrogen) atoms. The van der Waals surface area contributed by atoms with Crippen LogP contribution in [0.3, 0.4) is 0 Å². The van der Waals surface area contributed by atoms with Gasteiger partial charge in [-0.1, -0.05) is 25.7 Å². The topological polar surface area (TPSA) is 58.6 Å². The summed E-state index contributed by atoms with van der Waals surface area (Å²) in [4.78, 5) is 14.4. The second-order valence-corrected chi connectivity index (χ2v) is 3.61. The predicted molar refractivity (Wildman–Crippen MR) is 47.4 cm³/mol. The van der Waals surface area contributed by atoms with Crippen LogP contribution >= 0.6 is 0 Å². The fourth-order valence-corrected chi connectivity index (χ4v) is 1.94. The van der Waals surface area contributed by atoms with Crippen LogP contribution in [0.1, 0.15) is 42.1 Å². The monoisotopic (exact) mass is 179 g/mol. The van der Waals surface area contributed by atoms with Gasteiger partial charge in [0.2, 0.25) is 5.82 Å². The Morgan fingerprint density at radius 1 is 1.46 bits per heavy atom. The van der Waals surface area contributed by atoms with E-state index in [2.05, 4.69) is 15.2 Å². The van der Waals surface area contributed by atoms with Gasteiger partial charge >= 0.3 is 0 Å². The Morgan fingerprint density at radius 3 is 2.85 bits per heavy atom. The highest BCUT2D eigenvalue weighted by atomic mass is 16.1. The summed E-state index contributed by atoms with van der Waals surface area (Å²) in [7, 11) is 0. The second-order valence-electron chi connectivity index (χ2n) is 3.61. The van der Waals surface area contributed by atoms with Crippen molar-refractivity contribution in [3.63, 3.8) is 0 Å². The van der Waals surface area contributed by atoms with E-state index in [1.807, 2.05) is 0 Å². The van der Waals surface area contributed by atoms with E-state index in [0.717, 1.165) is 18.2 Å². The molecule has 1 fully saturated rings. The Morgan fingerprint density at radius 2 is 2.23 bits per heavy atom. The van der Waals surface area contributed by atoms with Crippen LogP contribution in [0.5, 0.6) is 0 Å². The standard InChI is InChI=1S/C9H13N3O/c13-6-9-10-8(11-12-9)5-7-3-1-2-4-7/h6-7H,1-5H2,(H,10,11,12). The maximum Gasteiger partial charge on any atom is 0.214 e. The fraction of sp³-hybridized carbons (Fsp3) is 0.667. The first-order valence-corrected chi connectivity index (χ1v) is 4.75. The molecule has 4 heteroatoms. The Hall–Kier alpha value is -1.19. The highest BCUT2D eigenvalue weighted by Gasteiger charge is 2.16. The van der Waals surface area contributed by atoms with Crippen molar-refractivity contribution in [1.29, 1.82) is 0 Å². The summed E-state index contributed by atoms with van der Waals surface area (Å²) in [5, 5.41) is 6.56. The molecule has 2 rings (SSSR count). The van der Waals surface area contributed by atoms with Crippen LogP contribution in [0.4, 0.5) is 0 Å². The van der Waals surface area contributed by atoms with Crippen molar-refractivity contribution in [1.82, 2.24) is 15.2 Å². The minimum absolute atomic E-state index is 0.271. The van der Waals surface area contributed by atoms with Crippen LogP contribution in [0.15, 0.2) is 0 Å². The van der Waals surface area contributed by atoms with Gasteiger partial charge in [-0.2, -0.15) is 5.10 Å². The molecule has 1 aromatic rings. The van der Waals surface area contributed by atoms with E-state index in [9.17, 15) is 4.79 Å². The van der Waals surface area contributed by atoms with Crippen molar-refractivity contribution >= 4 is 6.29 Å². The number of nitrogens with zero attached hydrogens (tertiary/aromatic N) is 2. The van der Waals surface area contributed by atoms with E-state index in [-0.39, 0.29) is 5.82 Å². The number of rotatable bonds is 3. The average Bonchev–Trinajstić information content (AvgIpc) is 2.76. The Bertz CT molecular complexity index is 289. The van der Waals surface area contributed by atoms with Gasteiger partial charge in [0.1, 0.15) is 5.82 Å². The number of H-pyrrole nitrogens is 1. The van der Waals surface area contributed by atoms with E-state index >= 15 is 0 Å². The lowest BCUT2D eigenvalue weighted by atomic mass is 10.0. The first-order valence-electron chi connectivity index (χ1n) is 4.75. The van der Waals surface area contributed by atoms with Crippen LogP contribution in [-0.4, -0.2) is 21.5 Å². The molecule has 0 radical (unpaired) electrons. The molecule has 0 amide bonds. The molecule has 0 atom stereocenters. The quantitative estimate of drug-likeness (QED) is 0.712. The van der Waals surface area contributed by atoms with Crippen molar-refractivity contribution in [2.75, 3.05) is 0 Å². The molecular formula is C9H13N3O. The van der Waals surface area contributed by atoms with Gasteiger partial charge in [0.15, 0.2) is 6.29 Å². The molecule has 1 saturated carbocycles. The molecule has 0 saturated heterocycles. The summed E-state index contributed by atoms with van der Waals surface area (Å²) < 4.78 is 0. The Kier molecular flexibility index (Phi) is 2.38. The first-order chi connectivity index (χ1) is 6.38. The van der Waals surface area contributed by atoms with Gasteiger partial charge in [-0.3, -0.25) is 9.89 Å².